The molecule has 120 valence electrons. The first kappa shape index (κ1) is 15.9. The Balaban J connectivity index is 1.68. The number of halogens is 1. The van der Waals surface area contributed by atoms with E-state index in [1.165, 1.54) is 12.8 Å². The molecule has 6 heteroatoms. The maximum absolute atomic E-state index is 12.2. The normalized spacial score (nSPS) is 17.8. The molecule has 1 amide bonds. The minimum atomic E-state index is -0.203. The van der Waals surface area contributed by atoms with Crippen molar-refractivity contribution in [2.24, 2.45) is 5.92 Å². The Morgan fingerprint density at radius 3 is 2.78 bits per heavy atom. The maximum atomic E-state index is 12.2. The van der Waals surface area contributed by atoms with Gasteiger partial charge < -0.3 is 10.2 Å². The lowest BCUT2D eigenvalue weighted by Gasteiger charge is -2.31. The number of rotatable bonds is 3. The van der Waals surface area contributed by atoms with Crippen molar-refractivity contribution in [3.63, 3.8) is 0 Å². The summed E-state index contributed by atoms with van der Waals surface area (Å²) < 4.78 is 0.754. The molecule has 3 rings (SSSR count). The van der Waals surface area contributed by atoms with Crippen LogP contribution in [-0.4, -0.2) is 29.2 Å². The van der Waals surface area contributed by atoms with Gasteiger partial charge in [-0.15, -0.1) is 10.2 Å². The summed E-state index contributed by atoms with van der Waals surface area (Å²) in [7, 11) is 0. The average molecular weight is 375 g/mol. The lowest BCUT2D eigenvalue weighted by molar-refractivity contribution is 0.102. The van der Waals surface area contributed by atoms with Gasteiger partial charge in [0.2, 0.25) is 0 Å². The number of piperidine rings is 1. The van der Waals surface area contributed by atoms with Crippen LogP contribution in [0, 0.1) is 5.92 Å². The van der Waals surface area contributed by atoms with Crippen LogP contribution in [0.15, 0.2) is 40.9 Å². The zero-order chi connectivity index (χ0) is 16.2. The first-order valence-electron chi connectivity index (χ1n) is 7.78. The molecule has 0 spiro atoms. The van der Waals surface area contributed by atoms with E-state index in [9.17, 15) is 4.79 Å². The summed E-state index contributed by atoms with van der Waals surface area (Å²) in [6, 6.07) is 11.0. The number of nitrogens with one attached hydrogen (secondary N) is 1. The van der Waals surface area contributed by atoms with Gasteiger partial charge in [-0.05, 0) is 59.0 Å². The lowest BCUT2D eigenvalue weighted by atomic mass is 10.0. The fourth-order valence-corrected chi connectivity index (χ4v) is 3.25. The molecule has 1 N–H and O–H groups in total. The van der Waals surface area contributed by atoms with E-state index < -0.39 is 0 Å². The van der Waals surface area contributed by atoms with Crippen molar-refractivity contribution in [2.75, 3.05) is 23.3 Å². The summed E-state index contributed by atoms with van der Waals surface area (Å²) in [5.74, 6) is 1.81. The number of anilines is 2. The number of benzene rings is 1. The molecule has 1 aromatic heterocycles. The predicted molar refractivity (Wildman–Crippen MR) is 94.7 cm³/mol. The van der Waals surface area contributed by atoms with Crippen molar-refractivity contribution in [1.29, 1.82) is 0 Å². The molecule has 2 heterocycles. The highest BCUT2D eigenvalue weighted by atomic mass is 79.9. The zero-order valence-corrected chi connectivity index (χ0v) is 14.6. The van der Waals surface area contributed by atoms with Gasteiger partial charge in [0, 0.05) is 17.6 Å². The lowest BCUT2D eigenvalue weighted by Crippen LogP contribution is -2.34. The molecule has 1 unspecified atom stereocenters. The van der Waals surface area contributed by atoms with Crippen LogP contribution in [0.5, 0.6) is 0 Å². The summed E-state index contributed by atoms with van der Waals surface area (Å²) >= 11 is 3.38. The Bertz CT molecular complexity index is 689. The van der Waals surface area contributed by atoms with Crippen LogP contribution in [-0.2, 0) is 0 Å². The average Bonchev–Trinajstić information content (AvgIpc) is 2.56. The zero-order valence-electron chi connectivity index (χ0n) is 13.0. The van der Waals surface area contributed by atoms with Gasteiger partial charge in [0.1, 0.15) is 0 Å². The highest BCUT2D eigenvalue weighted by molar-refractivity contribution is 9.10. The van der Waals surface area contributed by atoms with Gasteiger partial charge in [0.25, 0.3) is 5.91 Å². The Morgan fingerprint density at radius 2 is 2.09 bits per heavy atom. The van der Waals surface area contributed by atoms with Crippen molar-refractivity contribution in [3.05, 3.63) is 46.4 Å². The van der Waals surface area contributed by atoms with E-state index >= 15 is 0 Å². The van der Waals surface area contributed by atoms with E-state index in [2.05, 4.69) is 43.3 Å². The summed E-state index contributed by atoms with van der Waals surface area (Å²) in [5, 5.41) is 11.2. The van der Waals surface area contributed by atoms with Gasteiger partial charge in [-0.3, -0.25) is 4.79 Å². The molecule has 2 aromatic rings. The fraction of sp³-hybridized carbons (Fsp3) is 0.353. The fourth-order valence-electron chi connectivity index (χ4n) is 2.79. The Morgan fingerprint density at radius 1 is 1.26 bits per heavy atom. The molecule has 5 nitrogen and oxygen atoms in total. The van der Waals surface area contributed by atoms with Crippen molar-refractivity contribution in [3.8, 4) is 0 Å². The number of hydrogen-bond acceptors (Lipinski definition) is 4. The molecule has 0 radical (unpaired) electrons. The van der Waals surface area contributed by atoms with Gasteiger partial charge in [0.05, 0.1) is 5.56 Å². The first-order chi connectivity index (χ1) is 11.1. The molecule has 1 aliphatic heterocycles. The second-order valence-electron chi connectivity index (χ2n) is 5.90. The van der Waals surface area contributed by atoms with E-state index in [-0.39, 0.29) is 5.91 Å². The quantitative estimate of drug-likeness (QED) is 0.888. The van der Waals surface area contributed by atoms with Crippen LogP contribution >= 0.6 is 15.9 Å². The van der Waals surface area contributed by atoms with E-state index in [0.29, 0.717) is 17.3 Å². The Kier molecular flexibility index (Phi) is 4.91. The molecule has 1 atom stereocenters. The molecule has 1 aliphatic rings. The molecular formula is C17H19BrN4O. The number of nitrogens with zero attached hydrogens (tertiary/aromatic N) is 3. The van der Waals surface area contributed by atoms with Crippen molar-refractivity contribution in [2.45, 2.75) is 19.8 Å². The van der Waals surface area contributed by atoms with Crippen LogP contribution in [0.1, 0.15) is 30.1 Å². The molecule has 23 heavy (non-hydrogen) atoms. The van der Waals surface area contributed by atoms with Gasteiger partial charge in [-0.1, -0.05) is 19.1 Å². The topological polar surface area (TPSA) is 58.1 Å². The van der Waals surface area contributed by atoms with Crippen molar-refractivity contribution in [1.82, 2.24) is 10.2 Å². The monoisotopic (exact) mass is 374 g/mol. The third-order valence-electron chi connectivity index (χ3n) is 3.99. The van der Waals surface area contributed by atoms with Gasteiger partial charge >= 0.3 is 0 Å². The number of carbonyl (C=O) groups is 1. The number of aromatic nitrogens is 2. The molecule has 1 aromatic carbocycles. The minimum Gasteiger partial charge on any atom is -0.355 e. The van der Waals surface area contributed by atoms with Crippen LogP contribution < -0.4 is 10.2 Å². The van der Waals surface area contributed by atoms with E-state index in [1.807, 2.05) is 24.3 Å². The number of carbonyl (C=O) groups excluding carboxylic acids is 1. The predicted octanol–water partition coefficient (Wildman–Crippen LogP) is 3.73. The maximum Gasteiger partial charge on any atom is 0.258 e. The van der Waals surface area contributed by atoms with Gasteiger partial charge in [0.15, 0.2) is 11.6 Å². The number of hydrogen-bond donors (Lipinski definition) is 1. The van der Waals surface area contributed by atoms with E-state index in [4.69, 9.17) is 0 Å². The molecule has 0 saturated carbocycles. The standard InChI is InChI=1S/C17H19BrN4O/c1-12-5-4-10-22(11-12)16-9-8-15(20-21-16)19-17(23)13-6-2-3-7-14(13)18/h2-3,6-9,12H,4-5,10-11H2,1H3,(H,19,20,23). The van der Waals surface area contributed by atoms with Crippen LogP contribution in [0.3, 0.4) is 0 Å². The van der Waals surface area contributed by atoms with Crippen molar-refractivity contribution >= 4 is 33.5 Å². The smallest absolute Gasteiger partial charge is 0.258 e. The molecule has 1 saturated heterocycles. The van der Waals surface area contributed by atoms with E-state index in [1.54, 1.807) is 12.1 Å². The van der Waals surface area contributed by atoms with Crippen LogP contribution in [0.25, 0.3) is 0 Å². The third-order valence-corrected chi connectivity index (χ3v) is 4.68. The SMILES string of the molecule is CC1CCCN(c2ccc(NC(=O)c3ccccc3Br)nn2)C1. The van der Waals surface area contributed by atoms with Crippen LogP contribution in [0.4, 0.5) is 11.6 Å². The van der Waals surface area contributed by atoms with Crippen molar-refractivity contribution < 1.29 is 4.79 Å². The van der Waals surface area contributed by atoms with Gasteiger partial charge in [-0.25, -0.2) is 0 Å². The third kappa shape index (κ3) is 3.88. The summed E-state index contributed by atoms with van der Waals surface area (Å²) in [4.78, 5) is 14.5. The second kappa shape index (κ2) is 7.08. The Hall–Kier alpha value is -1.95. The summed E-state index contributed by atoms with van der Waals surface area (Å²) in [6.45, 7) is 4.28. The molecular weight excluding hydrogens is 356 g/mol. The van der Waals surface area contributed by atoms with Gasteiger partial charge in [-0.2, -0.15) is 0 Å². The highest BCUT2D eigenvalue weighted by Crippen LogP contribution is 2.22. The molecule has 0 bridgehead atoms. The second-order valence-corrected chi connectivity index (χ2v) is 6.76. The highest BCUT2D eigenvalue weighted by Gasteiger charge is 2.18. The molecule has 0 aliphatic carbocycles. The summed E-state index contributed by atoms with van der Waals surface area (Å²) in [5.41, 5.74) is 0.572. The minimum absolute atomic E-state index is 0.203. The van der Waals surface area contributed by atoms with E-state index in [0.717, 1.165) is 23.4 Å². The number of amides is 1. The first-order valence-corrected chi connectivity index (χ1v) is 8.57. The largest absolute Gasteiger partial charge is 0.355 e. The summed E-state index contributed by atoms with van der Waals surface area (Å²) in [6.07, 6.45) is 2.45. The molecule has 1 fully saturated rings. The van der Waals surface area contributed by atoms with Crippen LogP contribution in [0.2, 0.25) is 0 Å². The Labute approximate surface area is 144 Å².